The predicted octanol–water partition coefficient (Wildman–Crippen LogP) is 3.37. The van der Waals surface area contributed by atoms with E-state index in [1.807, 2.05) is 48.2 Å². The first-order valence-corrected chi connectivity index (χ1v) is 9.23. The maximum Gasteiger partial charge on any atom is 0.322 e. The average Bonchev–Trinajstić information content (AvgIpc) is 2.73. The third-order valence-electron chi connectivity index (χ3n) is 4.89. The first-order chi connectivity index (χ1) is 13.5. The summed E-state index contributed by atoms with van der Waals surface area (Å²) in [6, 6.07) is 11.4. The first-order valence-electron chi connectivity index (χ1n) is 9.23. The molecule has 150 valence electrons. The van der Waals surface area contributed by atoms with Gasteiger partial charge in [0.15, 0.2) is 0 Å². The lowest BCUT2D eigenvalue weighted by atomic mass is 10.2. The molecule has 0 bridgehead atoms. The fourth-order valence-electron chi connectivity index (χ4n) is 3.31. The van der Waals surface area contributed by atoms with Crippen molar-refractivity contribution in [3.8, 4) is 17.2 Å². The Morgan fingerprint density at radius 2 is 1.61 bits per heavy atom. The van der Waals surface area contributed by atoms with Gasteiger partial charge in [-0.3, -0.25) is 0 Å². The second-order valence-electron chi connectivity index (χ2n) is 6.65. The Labute approximate surface area is 165 Å². The van der Waals surface area contributed by atoms with Crippen LogP contribution in [0.5, 0.6) is 17.2 Å². The molecule has 0 atom stereocenters. The van der Waals surface area contributed by atoms with E-state index >= 15 is 0 Å². The summed E-state index contributed by atoms with van der Waals surface area (Å²) in [6.07, 6.45) is 0. The SMILES string of the molecule is COc1ccc(N2CCN(C(=O)Nc3cc(C)ccc3OC)CC2)c(OC)c1. The summed E-state index contributed by atoms with van der Waals surface area (Å²) in [5, 5.41) is 2.97. The van der Waals surface area contributed by atoms with E-state index in [1.54, 1.807) is 21.3 Å². The number of ether oxygens (including phenoxy) is 3. The molecule has 28 heavy (non-hydrogen) atoms. The molecule has 1 saturated heterocycles. The van der Waals surface area contributed by atoms with Crippen molar-refractivity contribution < 1.29 is 19.0 Å². The first kappa shape index (κ1) is 19.7. The van der Waals surface area contributed by atoms with Gasteiger partial charge in [-0.25, -0.2) is 4.79 Å². The van der Waals surface area contributed by atoms with E-state index in [9.17, 15) is 4.79 Å². The lowest BCUT2D eigenvalue weighted by Crippen LogP contribution is -2.50. The fourth-order valence-corrected chi connectivity index (χ4v) is 3.31. The van der Waals surface area contributed by atoms with Crippen LogP contribution in [0.15, 0.2) is 36.4 Å². The molecule has 0 aromatic heterocycles. The smallest absolute Gasteiger partial charge is 0.322 e. The maximum absolute atomic E-state index is 12.7. The number of carbonyl (C=O) groups excluding carboxylic acids is 1. The molecule has 1 fully saturated rings. The minimum absolute atomic E-state index is 0.120. The molecule has 0 spiro atoms. The van der Waals surface area contributed by atoms with Gasteiger partial charge in [-0.05, 0) is 36.8 Å². The van der Waals surface area contributed by atoms with Crippen molar-refractivity contribution in [2.24, 2.45) is 0 Å². The molecule has 1 aliphatic heterocycles. The second-order valence-corrected chi connectivity index (χ2v) is 6.65. The highest BCUT2D eigenvalue weighted by atomic mass is 16.5. The number of aryl methyl sites for hydroxylation is 1. The molecule has 3 rings (SSSR count). The van der Waals surface area contributed by atoms with E-state index in [0.717, 1.165) is 35.8 Å². The highest BCUT2D eigenvalue weighted by Gasteiger charge is 2.24. The number of nitrogens with zero attached hydrogens (tertiary/aromatic N) is 2. The molecule has 1 N–H and O–H groups in total. The average molecular weight is 385 g/mol. The molecule has 2 amide bonds. The number of piperazine rings is 1. The third kappa shape index (κ3) is 4.24. The van der Waals surface area contributed by atoms with Crippen molar-refractivity contribution in [2.75, 3.05) is 57.7 Å². The molecule has 2 aromatic carbocycles. The molecule has 7 nitrogen and oxygen atoms in total. The zero-order valence-electron chi connectivity index (χ0n) is 16.8. The van der Waals surface area contributed by atoms with Gasteiger partial charge in [0.05, 0.1) is 32.7 Å². The Bertz CT molecular complexity index is 832. The van der Waals surface area contributed by atoms with Gasteiger partial charge < -0.3 is 29.3 Å². The summed E-state index contributed by atoms with van der Waals surface area (Å²) < 4.78 is 16.1. The summed E-state index contributed by atoms with van der Waals surface area (Å²) >= 11 is 0. The van der Waals surface area contributed by atoms with Crippen LogP contribution in [0.2, 0.25) is 0 Å². The van der Waals surface area contributed by atoms with Crippen molar-refractivity contribution in [2.45, 2.75) is 6.92 Å². The number of anilines is 2. The third-order valence-corrected chi connectivity index (χ3v) is 4.89. The molecule has 7 heteroatoms. The van der Waals surface area contributed by atoms with E-state index in [0.29, 0.717) is 24.5 Å². The number of amides is 2. The van der Waals surface area contributed by atoms with Crippen molar-refractivity contribution in [3.63, 3.8) is 0 Å². The van der Waals surface area contributed by atoms with Gasteiger partial charge >= 0.3 is 6.03 Å². The quantitative estimate of drug-likeness (QED) is 0.855. The second kappa shape index (κ2) is 8.73. The van der Waals surface area contributed by atoms with E-state index < -0.39 is 0 Å². The molecule has 0 unspecified atom stereocenters. The number of benzene rings is 2. The zero-order valence-corrected chi connectivity index (χ0v) is 16.8. The van der Waals surface area contributed by atoms with E-state index in [2.05, 4.69) is 10.2 Å². The number of hydrogen-bond acceptors (Lipinski definition) is 5. The number of urea groups is 1. The summed E-state index contributed by atoms with van der Waals surface area (Å²) in [4.78, 5) is 16.7. The lowest BCUT2D eigenvalue weighted by molar-refractivity contribution is 0.208. The Balaban J connectivity index is 1.64. The maximum atomic E-state index is 12.7. The van der Waals surface area contributed by atoms with Gasteiger partial charge in [0.25, 0.3) is 0 Å². The molecule has 0 radical (unpaired) electrons. The van der Waals surface area contributed by atoms with E-state index in [4.69, 9.17) is 14.2 Å². The molecule has 2 aromatic rings. The zero-order chi connectivity index (χ0) is 20.1. The van der Waals surface area contributed by atoms with Gasteiger partial charge in [-0.15, -0.1) is 0 Å². The summed E-state index contributed by atoms with van der Waals surface area (Å²) in [6.45, 7) is 4.67. The number of nitrogens with one attached hydrogen (secondary N) is 1. The summed E-state index contributed by atoms with van der Waals surface area (Å²) in [5.74, 6) is 2.17. The Morgan fingerprint density at radius 3 is 2.25 bits per heavy atom. The molecule has 1 heterocycles. The predicted molar refractivity (Wildman–Crippen MR) is 110 cm³/mol. The van der Waals surface area contributed by atoms with Gasteiger partial charge in [0.1, 0.15) is 17.2 Å². The number of methoxy groups -OCH3 is 3. The molecular formula is C21H27N3O4. The van der Waals surface area contributed by atoms with Crippen LogP contribution in [0, 0.1) is 6.92 Å². The van der Waals surface area contributed by atoms with Gasteiger partial charge in [-0.1, -0.05) is 6.07 Å². The topological polar surface area (TPSA) is 63.3 Å². The van der Waals surface area contributed by atoms with Crippen molar-refractivity contribution in [3.05, 3.63) is 42.0 Å². The van der Waals surface area contributed by atoms with Crippen LogP contribution in [0.25, 0.3) is 0 Å². The van der Waals surface area contributed by atoms with Crippen LogP contribution in [-0.4, -0.2) is 58.4 Å². The van der Waals surface area contributed by atoms with Gasteiger partial charge in [-0.2, -0.15) is 0 Å². The lowest BCUT2D eigenvalue weighted by Gasteiger charge is -2.36. The summed E-state index contributed by atoms with van der Waals surface area (Å²) in [7, 11) is 4.88. The fraction of sp³-hybridized carbons (Fsp3) is 0.381. The highest BCUT2D eigenvalue weighted by molar-refractivity contribution is 5.91. The Kier molecular flexibility index (Phi) is 6.13. The summed E-state index contributed by atoms with van der Waals surface area (Å²) in [5.41, 5.74) is 2.75. The number of rotatable bonds is 5. The highest BCUT2D eigenvalue weighted by Crippen LogP contribution is 2.33. The molecule has 1 aliphatic rings. The van der Waals surface area contributed by atoms with Crippen molar-refractivity contribution in [1.82, 2.24) is 4.90 Å². The van der Waals surface area contributed by atoms with Gasteiger partial charge in [0, 0.05) is 32.2 Å². The normalized spacial score (nSPS) is 13.9. The minimum Gasteiger partial charge on any atom is -0.497 e. The molecule has 0 saturated carbocycles. The van der Waals surface area contributed by atoms with E-state index in [-0.39, 0.29) is 6.03 Å². The van der Waals surface area contributed by atoms with Crippen LogP contribution in [0.4, 0.5) is 16.2 Å². The van der Waals surface area contributed by atoms with E-state index in [1.165, 1.54) is 0 Å². The largest absolute Gasteiger partial charge is 0.497 e. The number of hydrogen-bond donors (Lipinski definition) is 1. The standard InChI is InChI=1S/C21H27N3O4/c1-15-5-8-19(27-3)17(13-15)22-21(25)24-11-9-23(10-12-24)18-7-6-16(26-2)14-20(18)28-4/h5-8,13-14H,9-12H2,1-4H3,(H,22,25). The van der Waals surface area contributed by atoms with Crippen molar-refractivity contribution >= 4 is 17.4 Å². The van der Waals surface area contributed by atoms with Crippen LogP contribution >= 0.6 is 0 Å². The Morgan fingerprint density at radius 1 is 0.893 bits per heavy atom. The van der Waals surface area contributed by atoms with Crippen LogP contribution in [-0.2, 0) is 0 Å². The minimum atomic E-state index is -0.120. The number of carbonyl (C=O) groups is 1. The molecular weight excluding hydrogens is 358 g/mol. The van der Waals surface area contributed by atoms with Crippen LogP contribution in [0.1, 0.15) is 5.56 Å². The van der Waals surface area contributed by atoms with Crippen LogP contribution < -0.4 is 24.4 Å². The van der Waals surface area contributed by atoms with Crippen LogP contribution in [0.3, 0.4) is 0 Å². The monoisotopic (exact) mass is 385 g/mol. The van der Waals surface area contributed by atoms with Crippen molar-refractivity contribution in [1.29, 1.82) is 0 Å². The van der Waals surface area contributed by atoms with Gasteiger partial charge in [0.2, 0.25) is 0 Å². The Hall–Kier alpha value is -3.09. The molecule has 0 aliphatic carbocycles.